The minimum atomic E-state index is -2.55. The van der Waals surface area contributed by atoms with E-state index >= 15 is 0 Å². The zero-order valence-electron chi connectivity index (χ0n) is 19.7. The molecule has 0 radical (unpaired) electrons. The van der Waals surface area contributed by atoms with Crippen LogP contribution in [0, 0.1) is 0 Å². The molecular formula is C18H42N2O8Si2. The Balaban J connectivity index is 0. The summed E-state index contributed by atoms with van der Waals surface area (Å²) in [5.41, 5.74) is 11.7. The molecule has 0 aliphatic rings. The summed E-state index contributed by atoms with van der Waals surface area (Å²) in [5.74, 6) is -0.375. The van der Waals surface area contributed by atoms with Gasteiger partial charge < -0.3 is 42.8 Å². The highest BCUT2D eigenvalue weighted by atomic mass is 28.4. The highest BCUT2D eigenvalue weighted by Gasteiger charge is 2.46. The quantitative estimate of drug-likeness (QED) is 0.147. The van der Waals surface area contributed by atoms with Gasteiger partial charge in [0.05, 0.1) is 6.61 Å². The Labute approximate surface area is 183 Å². The molecule has 10 nitrogen and oxygen atoms in total. The van der Waals surface area contributed by atoms with Crippen molar-refractivity contribution < 1.29 is 36.1 Å². The molecule has 0 fully saturated rings. The van der Waals surface area contributed by atoms with E-state index in [-0.39, 0.29) is 11.5 Å². The molecule has 4 N–H and O–H groups in total. The van der Waals surface area contributed by atoms with Gasteiger partial charge in [0.1, 0.15) is 0 Å². The number of rotatable bonds is 16. The Hall–Kier alpha value is -0.676. The van der Waals surface area contributed by atoms with Gasteiger partial charge in [-0.25, -0.2) is 4.79 Å². The van der Waals surface area contributed by atoms with Crippen molar-refractivity contribution >= 4 is 23.6 Å². The van der Waals surface area contributed by atoms with Gasteiger partial charge in [0.2, 0.25) is 0 Å². The van der Waals surface area contributed by atoms with Gasteiger partial charge in [0.25, 0.3) is 0 Å². The van der Waals surface area contributed by atoms with Crippen LogP contribution < -0.4 is 11.5 Å². The van der Waals surface area contributed by atoms with E-state index < -0.39 is 17.6 Å². The van der Waals surface area contributed by atoms with E-state index in [2.05, 4.69) is 6.58 Å². The van der Waals surface area contributed by atoms with Gasteiger partial charge in [-0.05, 0) is 39.3 Å². The lowest BCUT2D eigenvalue weighted by molar-refractivity contribution is -0.139. The lowest BCUT2D eigenvalue weighted by Crippen LogP contribution is -2.48. The molecule has 0 aromatic heterocycles. The van der Waals surface area contributed by atoms with Crippen LogP contribution in [0.1, 0.15) is 26.2 Å². The van der Waals surface area contributed by atoms with Crippen LogP contribution in [0.4, 0.5) is 0 Å². The van der Waals surface area contributed by atoms with Gasteiger partial charge in [0, 0.05) is 59.8 Å². The zero-order chi connectivity index (χ0) is 23.6. The molecule has 0 rings (SSSR count). The summed E-state index contributed by atoms with van der Waals surface area (Å²) >= 11 is 0. The maximum Gasteiger partial charge on any atom is 0.503 e. The molecule has 0 unspecified atom stereocenters. The Morgan fingerprint density at radius 3 is 1.60 bits per heavy atom. The average molecular weight is 471 g/mol. The van der Waals surface area contributed by atoms with Crippen molar-refractivity contribution in [1.82, 2.24) is 0 Å². The third-order valence-corrected chi connectivity index (χ3v) is 10.6. The number of esters is 1. The third kappa shape index (κ3) is 11.1. The van der Waals surface area contributed by atoms with E-state index in [1.54, 1.807) is 49.6 Å². The summed E-state index contributed by atoms with van der Waals surface area (Å²) in [6.07, 6.45) is 2.28. The van der Waals surface area contributed by atoms with Crippen LogP contribution in [0.2, 0.25) is 11.6 Å². The van der Waals surface area contributed by atoms with Crippen LogP contribution in [0.3, 0.4) is 0 Å². The van der Waals surface area contributed by atoms with Crippen molar-refractivity contribution in [2.45, 2.75) is 37.8 Å². The number of nitrogens with two attached hydrogens (primary N) is 2. The first-order chi connectivity index (χ1) is 14.2. The molecular weight excluding hydrogens is 428 g/mol. The van der Waals surface area contributed by atoms with Crippen LogP contribution >= 0.6 is 0 Å². The van der Waals surface area contributed by atoms with Gasteiger partial charge in [-0.15, -0.1) is 0 Å². The second-order valence-corrected chi connectivity index (χ2v) is 12.7. The molecule has 0 saturated heterocycles. The van der Waals surface area contributed by atoms with E-state index in [1.165, 1.54) is 0 Å². The lowest BCUT2D eigenvalue weighted by atomic mass is 10.2. The molecule has 0 aliphatic heterocycles. The first-order valence-electron chi connectivity index (χ1n) is 9.75. The Bertz CT molecular complexity index is 441. The minimum Gasteiger partial charge on any atom is -0.462 e. The van der Waals surface area contributed by atoms with Crippen molar-refractivity contribution in [1.29, 1.82) is 0 Å². The monoisotopic (exact) mass is 470 g/mol. The fourth-order valence-electron chi connectivity index (χ4n) is 2.78. The molecule has 0 saturated carbocycles. The van der Waals surface area contributed by atoms with Crippen molar-refractivity contribution in [2.24, 2.45) is 11.5 Å². The van der Waals surface area contributed by atoms with E-state index in [1.807, 2.05) is 0 Å². The SMILES string of the molecule is C=C(C)C(=O)OCCC[Si](OC)(OC)OC.CO[Si](OC)(OC)C(CCN)CCN. The van der Waals surface area contributed by atoms with Crippen LogP contribution in [0.25, 0.3) is 0 Å². The largest absolute Gasteiger partial charge is 0.503 e. The summed E-state index contributed by atoms with van der Waals surface area (Å²) in [7, 11) is 4.42. The van der Waals surface area contributed by atoms with Crippen molar-refractivity contribution in [2.75, 3.05) is 62.4 Å². The molecule has 0 aromatic rings. The van der Waals surface area contributed by atoms with Crippen molar-refractivity contribution in [3.05, 3.63) is 12.2 Å². The predicted octanol–water partition coefficient (Wildman–Crippen LogP) is 1.31. The van der Waals surface area contributed by atoms with E-state index in [9.17, 15) is 4.79 Å². The highest BCUT2D eigenvalue weighted by Crippen LogP contribution is 2.29. The summed E-state index contributed by atoms with van der Waals surface area (Å²) in [6, 6.07) is 0.611. The first kappa shape index (κ1) is 31.5. The molecule has 0 amide bonds. The Morgan fingerprint density at radius 2 is 1.30 bits per heavy atom. The maximum atomic E-state index is 11.1. The van der Waals surface area contributed by atoms with Crippen molar-refractivity contribution in [3.63, 3.8) is 0 Å². The van der Waals surface area contributed by atoms with Gasteiger partial charge in [0.15, 0.2) is 0 Å². The molecule has 0 atom stereocenters. The summed E-state index contributed by atoms with van der Waals surface area (Å²) in [5, 5.41) is 0. The summed E-state index contributed by atoms with van der Waals surface area (Å²) < 4.78 is 36.8. The molecule has 0 bridgehead atoms. The van der Waals surface area contributed by atoms with Gasteiger partial charge in [-0.2, -0.15) is 0 Å². The number of hydrogen-bond donors (Lipinski definition) is 2. The van der Waals surface area contributed by atoms with Gasteiger partial charge >= 0.3 is 23.6 Å². The molecule has 30 heavy (non-hydrogen) atoms. The van der Waals surface area contributed by atoms with Gasteiger partial charge in [-0.3, -0.25) is 0 Å². The molecule has 0 heterocycles. The first-order valence-corrected chi connectivity index (χ1v) is 13.5. The van der Waals surface area contributed by atoms with E-state index in [0.717, 1.165) is 12.8 Å². The number of hydrogen-bond acceptors (Lipinski definition) is 10. The minimum absolute atomic E-state index is 0.192. The zero-order valence-corrected chi connectivity index (χ0v) is 21.7. The average Bonchev–Trinajstić information content (AvgIpc) is 2.76. The Morgan fingerprint density at radius 1 is 0.867 bits per heavy atom. The van der Waals surface area contributed by atoms with Crippen LogP contribution in [0.5, 0.6) is 0 Å². The fourth-order valence-corrected chi connectivity index (χ4v) is 7.01. The fraction of sp³-hybridized carbons (Fsp3) is 0.833. The number of carbonyl (C=O) groups is 1. The van der Waals surface area contributed by atoms with Gasteiger partial charge in [-0.1, -0.05) is 6.58 Å². The Kier molecular flexibility index (Phi) is 18.9. The highest BCUT2D eigenvalue weighted by molar-refractivity contribution is 6.62. The van der Waals surface area contributed by atoms with E-state index in [4.69, 9.17) is 42.8 Å². The standard InChI is InChI=1S/C10H20O5Si.C8H22N2O3Si/c1-9(2)10(11)15-7-6-8-16(12-3,13-4)14-5;1-11-14(12-2,13-3)8(4-6-9)5-7-10/h1,6-8H2,2-5H3;8H,4-7,9-10H2,1-3H3. The van der Waals surface area contributed by atoms with E-state index in [0.29, 0.717) is 37.7 Å². The van der Waals surface area contributed by atoms with Crippen LogP contribution in [-0.4, -0.2) is 85.9 Å². The topological polar surface area (TPSA) is 134 Å². The normalized spacial score (nSPS) is 11.8. The maximum absolute atomic E-state index is 11.1. The lowest BCUT2D eigenvalue weighted by Gasteiger charge is -2.32. The van der Waals surface area contributed by atoms with Crippen molar-refractivity contribution in [3.8, 4) is 0 Å². The summed E-state index contributed by atoms with van der Waals surface area (Å²) in [4.78, 5) is 11.1. The molecule has 12 heteroatoms. The smallest absolute Gasteiger partial charge is 0.462 e. The number of ether oxygens (including phenoxy) is 1. The van der Waals surface area contributed by atoms with Crippen LogP contribution in [0.15, 0.2) is 12.2 Å². The molecule has 0 aromatic carbocycles. The third-order valence-electron chi connectivity index (χ3n) is 4.53. The second kappa shape index (κ2) is 17.9. The second-order valence-electron chi connectivity index (χ2n) is 6.38. The molecule has 180 valence electrons. The molecule has 0 aliphatic carbocycles. The summed E-state index contributed by atoms with van der Waals surface area (Å²) in [6.45, 7) is 6.60. The molecule has 0 spiro atoms. The predicted molar refractivity (Wildman–Crippen MR) is 120 cm³/mol. The van der Waals surface area contributed by atoms with Crippen LogP contribution in [-0.2, 0) is 36.1 Å². The number of carbonyl (C=O) groups excluding carboxylic acids is 1.